The Morgan fingerprint density at radius 3 is 2.45 bits per heavy atom. The fourth-order valence-electron chi connectivity index (χ4n) is 3.42. The average Bonchev–Trinajstić information content (AvgIpc) is 3.54. The lowest BCUT2D eigenvalue weighted by molar-refractivity contribution is -0.131. The first-order valence-corrected chi connectivity index (χ1v) is 10.1. The Balaban J connectivity index is 1.47. The summed E-state index contributed by atoms with van der Waals surface area (Å²) in [7, 11) is 0. The van der Waals surface area contributed by atoms with E-state index in [1.807, 2.05) is 30.3 Å². The first-order chi connectivity index (χ1) is 14.1. The summed E-state index contributed by atoms with van der Waals surface area (Å²) in [5, 5.41) is 9.90. The molecule has 1 aromatic carbocycles. The number of para-hydroxylation sites is 1. The van der Waals surface area contributed by atoms with Crippen molar-refractivity contribution in [2.75, 3.05) is 25.0 Å². The molecule has 152 valence electrons. The Hall–Kier alpha value is -3.16. The predicted molar refractivity (Wildman–Crippen MR) is 108 cm³/mol. The third kappa shape index (κ3) is 4.64. The van der Waals surface area contributed by atoms with Crippen molar-refractivity contribution in [3.63, 3.8) is 0 Å². The first-order valence-electron chi connectivity index (χ1n) is 10.1. The average molecular weight is 395 g/mol. The molecule has 2 fully saturated rings. The van der Waals surface area contributed by atoms with Crippen molar-refractivity contribution in [1.29, 1.82) is 0 Å². The lowest BCUT2D eigenvalue weighted by Gasteiger charge is -2.26. The van der Waals surface area contributed by atoms with E-state index in [0.29, 0.717) is 5.82 Å². The number of benzene rings is 1. The summed E-state index contributed by atoms with van der Waals surface area (Å²) >= 11 is 0. The van der Waals surface area contributed by atoms with Gasteiger partial charge in [-0.1, -0.05) is 18.2 Å². The van der Waals surface area contributed by atoms with Crippen molar-refractivity contribution in [3.8, 4) is 5.69 Å². The minimum absolute atomic E-state index is 0.0357. The molecule has 1 aromatic heterocycles. The molecule has 0 radical (unpaired) electrons. The number of carbonyl (C=O) groups is 3. The van der Waals surface area contributed by atoms with Crippen LogP contribution in [0.2, 0.25) is 0 Å². The van der Waals surface area contributed by atoms with Gasteiger partial charge in [0, 0.05) is 25.1 Å². The van der Waals surface area contributed by atoms with Gasteiger partial charge in [0.2, 0.25) is 11.8 Å². The van der Waals surface area contributed by atoms with E-state index in [-0.39, 0.29) is 30.0 Å². The van der Waals surface area contributed by atoms with E-state index in [1.54, 1.807) is 15.6 Å². The van der Waals surface area contributed by atoms with E-state index in [0.717, 1.165) is 50.9 Å². The molecule has 8 heteroatoms. The Labute approximate surface area is 169 Å². The minimum Gasteiger partial charge on any atom is -0.342 e. The van der Waals surface area contributed by atoms with Crippen molar-refractivity contribution in [2.45, 2.75) is 32.1 Å². The molecule has 0 unspecified atom stereocenters. The van der Waals surface area contributed by atoms with Crippen LogP contribution in [-0.4, -0.2) is 52.0 Å². The number of aromatic nitrogens is 2. The summed E-state index contributed by atoms with van der Waals surface area (Å²) in [6.45, 7) is 1.43. The summed E-state index contributed by atoms with van der Waals surface area (Å²) in [6, 6.07) is 10.9. The number of nitrogens with zero attached hydrogens (tertiary/aromatic N) is 3. The third-order valence-electron chi connectivity index (χ3n) is 5.25. The van der Waals surface area contributed by atoms with Crippen LogP contribution >= 0.6 is 0 Å². The van der Waals surface area contributed by atoms with E-state index >= 15 is 0 Å². The Kier molecular flexibility index (Phi) is 5.59. The molecule has 1 aliphatic carbocycles. The van der Waals surface area contributed by atoms with Crippen LogP contribution in [0.25, 0.3) is 5.69 Å². The standard InChI is InChI=1S/C21H25N5O3/c27-19(25-11-5-2-6-12-25)14-22-21(29)17-13-18(23-20(28)15-9-10-15)26(24-17)16-7-3-1-4-8-16/h1,3-4,7-8,13,15H,2,5-6,9-12,14H2,(H,22,29)(H,23,28). The number of hydrogen-bond donors (Lipinski definition) is 2. The number of hydrogen-bond acceptors (Lipinski definition) is 4. The highest BCUT2D eigenvalue weighted by Gasteiger charge is 2.30. The highest BCUT2D eigenvalue weighted by atomic mass is 16.2. The molecular weight excluding hydrogens is 370 g/mol. The second kappa shape index (κ2) is 8.46. The van der Waals surface area contributed by atoms with Crippen LogP contribution in [0.4, 0.5) is 5.82 Å². The molecule has 0 spiro atoms. The van der Waals surface area contributed by atoms with Gasteiger partial charge in [-0.15, -0.1) is 0 Å². The van der Waals surface area contributed by atoms with Crippen LogP contribution in [0.15, 0.2) is 36.4 Å². The number of amides is 3. The van der Waals surface area contributed by atoms with Crippen molar-refractivity contribution >= 4 is 23.5 Å². The minimum atomic E-state index is -0.438. The van der Waals surface area contributed by atoms with E-state index in [2.05, 4.69) is 15.7 Å². The van der Waals surface area contributed by atoms with Crippen molar-refractivity contribution in [3.05, 3.63) is 42.1 Å². The summed E-state index contributed by atoms with van der Waals surface area (Å²) in [5.41, 5.74) is 0.897. The Morgan fingerprint density at radius 2 is 1.76 bits per heavy atom. The van der Waals surface area contributed by atoms with Crippen LogP contribution in [0.1, 0.15) is 42.6 Å². The maximum absolute atomic E-state index is 12.6. The second-order valence-electron chi connectivity index (χ2n) is 7.55. The summed E-state index contributed by atoms with van der Waals surface area (Å²) in [5.74, 6) is -0.0988. The fourth-order valence-corrected chi connectivity index (χ4v) is 3.42. The van der Waals surface area contributed by atoms with Gasteiger partial charge in [0.15, 0.2) is 5.69 Å². The van der Waals surface area contributed by atoms with Gasteiger partial charge in [0.05, 0.1) is 12.2 Å². The van der Waals surface area contributed by atoms with Crippen molar-refractivity contribution < 1.29 is 14.4 Å². The zero-order chi connectivity index (χ0) is 20.2. The maximum atomic E-state index is 12.6. The number of likely N-dealkylation sites (tertiary alicyclic amines) is 1. The maximum Gasteiger partial charge on any atom is 0.272 e. The highest BCUT2D eigenvalue weighted by molar-refractivity contribution is 5.98. The summed E-state index contributed by atoms with van der Waals surface area (Å²) in [4.78, 5) is 38.9. The van der Waals surface area contributed by atoms with Crippen molar-refractivity contribution in [2.24, 2.45) is 5.92 Å². The number of carbonyl (C=O) groups excluding carboxylic acids is 3. The Bertz CT molecular complexity index is 898. The lowest BCUT2D eigenvalue weighted by atomic mass is 10.1. The van der Waals surface area contributed by atoms with Gasteiger partial charge in [-0.3, -0.25) is 14.4 Å². The molecule has 8 nitrogen and oxygen atoms in total. The molecule has 2 aliphatic rings. The van der Waals surface area contributed by atoms with E-state index in [4.69, 9.17) is 0 Å². The number of nitrogens with one attached hydrogen (secondary N) is 2. The molecule has 1 saturated carbocycles. The molecule has 0 bridgehead atoms. The molecule has 2 heterocycles. The summed E-state index contributed by atoms with van der Waals surface area (Å²) in [6.07, 6.45) is 4.92. The Morgan fingerprint density at radius 1 is 1.03 bits per heavy atom. The van der Waals surface area contributed by atoms with Crippen LogP contribution in [0.3, 0.4) is 0 Å². The van der Waals surface area contributed by atoms with Gasteiger partial charge < -0.3 is 15.5 Å². The topological polar surface area (TPSA) is 96.3 Å². The molecule has 2 N–H and O–H groups in total. The SMILES string of the molecule is O=C(NCC(=O)N1CCCCC1)c1cc(NC(=O)C2CC2)n(-c2ccccc2)n1. The largest absolute Gasteiger partial charge is 0.342 e. The molecule has 1 saturated heterocycles. The number of piperidine rings is 1. The molecule has 0 atom stereocenters. The molecule has 3 amide bonds. The van der Waals surface area contributed by atoms with Crippen LogP contribution in [0, 0.1) is 5.92 Å². The van der Waals surface area contributed by atoms with Crippen LogP contribution < -0.4 is 10.6 Å². The third-order valence-corrected chi connectivity index (χ3v) is 5.25. The normalized spacial score (nSPS) is 16.3. The van der Waals surface area contributed by atoms with E-state index < -0.39 is 5.91 Å². The first kappa shape index (κ1) is 19.2. The van der Waals surface area contributed by atoms with Crippen LogP contribution in [0.5, 0.6) is 0 Å². The number of rotatable bonds is 6. The van der Waals surface area contributed by atoms with Gasteiger partial charge in [-0.05, 0) is 44.2 Å². The molecular formula is C21H25N5O3. The van der Waals surface area contributed by atoms with Crippen LogP contribution in [-0.2, 0) is 9.59 Å². The lowest BCUT2D eigenvalue weighted by Crippen LogP contribution is -2.42. The van der Waals surface area contributed by atoms with Gasteiger partial charge >= 0.3 is 0 Å². The summed E-state index contributed by atoms with van der Waals surface area (Å²) < 4.78 is 1.54. The highest BCUT2D eigenvalue weighted by Crippen LogP contribution is 2.30. The monoisotopic (exact) mass is 395 g/mol. The smallest absolute Gasteiger partial charge is 0.272 e. The van der Waals surface area contributed by atoms with E-state index in [1.165, 1.54) is 0 Å². The fraction of sp³-hybridized carbons (Fsp3) is 0.429. The zero-order valence-corrected chi connectivity index (χ0v) is 16.3. The second-order valence-corrected chi connectivity index (χ2v) is 7.55. The van der Waals surface area contributed by atoms with E-state index in [9.17, 15) is 14.4 Å². The number of anilines is 1. The predicted octanol–water partition coefficient (Wildman–Crippen LogP) is 1.96. The van der Waals surface area contributed by atoms with Gasteiger partial charge in [-0.2, -0.15) is 5.10 Å². The zero-order valence-electron chi connectivity index (χ0n) is 16.3. The van der Waals surface area contributed by atoms with Crippen molar-refractivity contribution in [1.82, 2.24) is 20.0 Å². The molecule has 29 heavy (non-hydrogen) atoms. The molecule has 1 aliphatic heterocycles. The molecule has 4 rings (SSSR count). The van der Waals surface area contributed by atoms with Gasteiger partial charge in [0.1, 0.15) is 5.82 Å². The quantitative estimate of drug-likeness (QED) is 0.782. The molecule has 2 aromatic rings. The van der Waals surface area contributed by atoms with Gasteiger partial charge in [-0.25, -0.2) is 4.68 Å². The van der Waals surface area contributed by atoms with Gasteiger partial charge in [0.25, 0.3) is 5.91 Å².